The van der Waals surface area contributed by atoms with E-state index in [4.69, 9.17) is 15.7 Å². The fraction of sp³-hybridized carbons (Fsp3) is 0.333. The summed E-state index contributed by atoms with van der Waals surface area (Å²) in [6.45, 7) is 0.947. The second kappa shape index (κ2) is 8.08. The molecule has 0 aliphatic carbocycles. The molecule has 12 nitrogen and oxygen atoms in total. The molecule has 154 valence electrons. The average molecular weight is 441 g/mol. The van der Waals surface area contributed by atoms with Crippen LogP contribution in [0.2, 0.25) is 0 Å². The number of thiazole rings is 1. The Morgan fingerprint density at radius 1 is 1.48 bits per heavy atom. The van der Waals surface area contributed by atoms with Gasteiger partial charge in [0.2, 0.25) is 0 Å². The highest BCUT2D eigenvalue weighted by atomic mass is 32.2. The van der Waals surface area contributed by atoms with E-state index < -0.39 is 35.2 Å². The van der Waals surface area contributed by atoms with E-state index in [1.807, 2.05) is 0 Å². The fourth-order valence-electron chi connectivity index (χ4n) is 2.80. The monoisotopic (exact) mass is 441 g/mol. The van der Waals surface area contributed by atoms with E-state index in [1.54, 1.807) is 0 Å². The van der Waals surface area contributed by atoms with E-state index in [1.165, 1.54) is 24.9 Å². The molecule has 0 saturated carbocycles. The number of esters is 1. The van der Waals surface area contributed by atoms with Gasteiger partial charge < -0.3 is 26.1 Å². The van der Waals surface area contributed by atoms with Crippen LogP contribution in [-0.4, -0.2) is 73.4 Å². The number of nitrogens with zero attached hydrogens (tertiary/aromatic N) is 3. The first kappa shape index (κ1) is 20.6. The van der Waals surface area contributed by atoms with Gasteiger partial charge in [0.1, 0.15) is 23.7 Å². The number of anilines is 1. The van der Waals surface area contributed by atoms with E-state index in [9.17, 15) is 24.3 Å². The summed E-state index contributed by atoms with van der Waals surface area (Å²) < 4.78 is 4.85. The lowest BCUT2D eigenvalue weighted by atomic mass is 10.0. The second-order valence-electron chi connectivity index (χ2n) is 5.91. The van der Waals surface area contributed by atoms with Crippen LogP contribution in [-0.2, 0) is 23.9 Å². The number of β-lactam (4-membered cyclic amide) rings is 1. The molecule has 2 atom stereocenters. The summed E-state index contributed by atoms with van der Waals surface area (Å²) in [4.78, 5) is 52.7. The Morgan fingerprint density at radius 2 is 2.21 bits per heavy atom. The lowest BCUT2D eigenvalue weighted by Crippen LogP contribution is -2.71. The molecule has 3 rings (SSSR count). The van der Waals surface area contributed by atoms with Crippen LogP contribution >= 0.6 is 23.1 Å². The van der Waals surface area contributed by atoms with Crippen molar-refractivity contribution in [2.24, 2.45) is 5.16 Å². The molecular weight excluding hydrogens is 426 g/mol. The number of oxime groups is 1. The van der Waals surface area contributed by atoms with Crippen LogP contribution in [0.25, 0.3) is 0 Å². The second-order valence-corrected chi connectivity index (χ2v) is 8.08. The van der Waals surface area contributed by atoms with Gasteiger partial charge >= 0.3 is 11.9 Å². The van der Waals surface area contributed by atoms with Gasteiger partial charge in [-0.2, -0.15) is 0 Å². The van der Waals surface area contributed by atoms with Crippen molar-refractivity contribution >= 4 is 57.7 Å². The highest BCUT2D eigenvalue weighted by Crippen LogP contribution is 2.40. The third-order valence-corrected chi connectivity index (χ3v) is 6.23. The van der Waals surface area contributed by atoms with Gasteiger partial charge in [0.05, 0.1) is 4.88 Å². The van der Waals surface area contributed by atoms with E-state index in [0.717, 1.165) is 16.2 Å². The smallest absolute Gasteiger partial charge is 0.352 e. The Labute approximate surface area is 171 Å². The summed E-state index contributed by atoms with van der Waals surface area (Å²) >= 11 is 2.14. The number of ether oxygens (including phenoxy) is 1. The zero-order valence-corrected chi connectivity index (χ0v) is 16.5. The minimum absolute atomic E-state index is 0.166. The maximum absolute atomic E-state index is 12.5. The van der Waals surface area contributed by atoms with Crippen molar-refractivity contribution in [1.82, 2.24) is 15.2 Å². The number of fused-ring (bicyclic) bond motifs is 1. The van der Waals surface area contributed by atoms with E-state index >= 15 is 0 Å². The first-order chi connectivity index (χ1) is 13.7. The first-order valence-corrected chi connectivity index (χ1v) is 9.89. The molecule has 0 spiro atoms. The van der Waals surface area contributed by atoms with Crippen LogP contribution in [0.1, 0.15) is 11.8 Å². The minimum Gasteiger partial charge on any atom is -0.477 e. The molecular formula is C15H15N5O7S2. The van der Waals surface area contributed by atoms with Crippen LogP contribution < -0.4 is 11.1 Å². The van der Waals surface area contributed by atoms with Crippen molar-refractivity contribution in [3.63, 3.8) is 0 Å². The number of amides is 2. The molecule has 0 aromatic carbocycles. The summed E-state index contributed by atoms with van der Waals surface area (Å²) in [5.41, 5.74) is 5.15. The molecule has 5 N–H and O–H groups in total. The van der Waals surface area contributed by atoms with Crippen LogP contribution in [0.15, 0.2) is 22.6 Å². The first-order valence-electron chi connectivity index (χ1n) is 8.02. The Balaban J connectivity index is 1.76. The topological polar surface area (TPSA) is 185 Å². The van der Waals surface area contributed by atoms with Gasteiger partial charge in [-0.25, -0.2) is 9.78 Å². The number of nitrogens with one attached hydrogen (secondary N) is 1. The number of nitrogen functional groups attached to an aromatic ring is 1. The van der Waals surface area contributed by atoms with Crippen LogP contribution in [0.3, 0.4) is 0 Å². The molecule has 1 fully saturated rings. The van der Waals surface area contributed by atoms with Crippen molar-refractivity contribution in [2.75, 3.05) is 18.1 Å². The van der Waals surface area contributed by atoms with E-state index in [0.29, 0.717) is 0 Å². The summed E-state index contributed by atoms with van der Waals surface area (Å²) in [6.07, 6.45) is 1.26. The molecule has 0 unspecified atom stereocenters. The lowest BCUT2D eigenvalue weighted by molar-refractivity contribution is -0.150. The van der Waals surface area contributed by atoms with Gasteiger partial charge in [0.25, 0.3) is 11.8 Å². The summed E-state index contributed by atoms with van der Waals surface area (Å²) in [5, 5.41) is 23.5. The molecule has 14 heteroatoms. The number of thioether (sulfide) groups is 1. The third-order valence-electron chi connectivity index (χ3n) is 4.06. The van der Waals surface area contributed by atoms with Crippen molar-refractivity contribution in [1.29, 1.82) is 0 Å². The zero-order chi connectivity index (χ0) is 21.3. The molecule has 2 aliphatic heterocycles. The summed E-state index contributed by atoms with van der Waals surface area (Å²) in [5.74, 6) is -3.19. The van der Waals surface area contributed by atoms with Crippen LogP contribution in [0.4, 0.5) is 5.13 Å². The van der Waals surface area contributed by atoms with E-state index in [-0.39, 0.29) is 39.4 Å². The van der Waals surface area contributed by atoms with E-state index in [2.05, 4.69) is 15.5 Å². The quantitative estimate of drug-likeness (QED) is 0.143. The lowest BCUT2D eigenvalue weighted by Gasteiger charge is -2.49. The van der Waals surface area contributed by atoms with Crippen molar-refractivity contribution in [3.05, 3.63) is 22.3 Å². The van der Waals surface area contributed by atoms with Gasteiger partial charge in [0, 0.05) is 24.4 Å². The normalized spacial score (nSPS) is 21.3. The molecule has 2 aliphatic rings. The van der Waals surface area contributed by atoms with Crippen molar-refractivity contribution in [2.45, 2.75) is 18.3 Å². The number of carboxylic acids is 1. The molecule has 1 aromatic rings. The number of nitrogens with two attached hydrogens (primary N) is 1. The maximum Gasteiger partial charge on any atom is 0.352 e. The molecule has 3 heterocycles. The van der Waals surface area contributed by atoms with Crippen molar-refractivity contribution in [3.8, 4) is 0 Å². The Kier molecular flexibility index (Phi) is 5.74. The Bertz CT molecular complexity index is 957. The number of aromatic nitrogens is 1. The third kappa shape index (κ3) is 3.88. The molecule has 1 aromatic heterocycles. The van der Waals surface area contributed by atoms with Gasteiger partial charge in [-0.1, -0.05) is 16.5 Å². The maximum atomic E-state index is 12.5. The highest BCUT2D eigenvalue weighted by Gasteiger charge is 2.54. The molecule has 0 radical (unpaired) electrons. The molecule has 0 bridgehead atoms. The fourth-order valence-corrected chi connectivity index (χ4v) is 4.79. The molecule has 2 amide bonds. The van der Waals surface area contributed by atoms with Gasteiger partial charge in [-0.3, -0.25) is 19.3 Å². The average Bonchev–Trinajstić information content (AvgIpc) is 3.09. The summed E-state index contributed by atoms with van der Waals surface area (Å²) in [6, 6.07) is -1.01. The number of aliphatic carboxylic acids is 1. The Hall–Kier alpha value is -3.13. The molecule has 1 saturated heterocycles. The largest absolute Gasteiger partial charge is 0.477 e. The number of carbonyl (C=O) groups is 4. The number of carbonyl (C=O) groups excluding carboxylic acids is 3. The SMILES string of the molecule is CC(=O)OCC1=C(C(=O)O)N2C(=O)[C@@H](NC(=O)/C(=N\O)c3cnc(N)s3)[C@H]2SC1. The zero-order valence-electron chi connectivity index (χ0n) is 14.8. The number of hydrogen-bond acceptors (Lipinski definition) is 11. The van der Waals surface area contributed by atoms with Gasteiger partial charge in [0.15, 0.2) is 10.8 Å². The Morgan fingerprint density at radius 3 is 2.76 bits per heavy atom. The van der Waals surface area contributed by atoms with Gasteiger partial charge in [-0.05, 0) is 0 Å². The highest BCUT2D eigenvalue weighted by molar-refractivity contribution is 8.00. The predicted molar refractivity (Wildman–Crippen MR) is 101 cm³/mol. The number of hydrogen-bond donors (Lipinski definition) is 4. The van der Waals surface area contributed by atoms with Crippen molar-refractivity contribution < 1.29 is 34.2 Å². The number of rotatable bonds is 6. The molecule has 29 heavy (non-hydrogen) atoms. The minimum atomic E-state index is -1.34. The summed E-state index contributed by atoms with van der Waals surface area (Å²) in [7, 11) is 0. The van der Waals surface area contributed by atoms with Crippen LogP contribution in [0.5, 0.6) is 0 Å². The number of carboxylic acid groups (broad SMARTS) is 1. The standard InChI is InChI=1S/C15H15N5O7S2/c1-5(21)27-3-6-4-28-13-9(12(23)20(13)10(6)14(24)25)18-11(22)8(19-26)7-2-17-15(16)29-7/h2,9,13,26H,3-4H2,1H3,(H2,16,17)(H,18,22)(H,24,25)/b19-8-/t9-,13-/m1/s1. The van der Waals surface area contributed by atoms with Gasteiger partial charge in [-0.15, -0.1) is 11.8 Å². The van der Waals surface area contributed by atoms with Crippen LogP contribution in [0, 0.1) is 0 Å². The predicted octanol–water partition coefficient (Wildman–Crippen LogP) is -0.795.